The molecule has 2 aromatic heterocycles. The highest BCUT2D eigenvalue weighted by Gasteiger charge is 2.30. The van der Waals surface area contributed by atoms with E-state index < -0.39 is 5.92 Å². The van der Waals surface area contributed by atoms with E-state index >= 15 is 0 Å². The number of hydrogen-bond acceptors (Lipinski definition) is 5. The molecule has 1 unspecified atom stereocenters. The topological polar surface area (TPSA) is 86.7 Å². The monoisotopic (exact) mass is 337 g/mol. The van der Waals surface area contributed by atoms with Gasteiger partial charge in [-0.1, -0.05) is 6.07 Å². The second kappa shape index (κ2) is 6.08. The molecule has 0 bridgehead atoms. The van der Waals surface area contributed by atoms with E-state index in [-0.39, 0.29) is 17.7 Å². The molecule has 1 aliphatic rings. The Balaban J connectivity index is 1.70. The van der Waals surface area contributed by atoms with Gasteiger partial charge in [0.25, 0.3) is 5.91 Å². The SMILES string of the molecule is Nc1nc(-c2ccncc2)nn1C(=O)C1CCCc2cc(F)ccc21. The van der Waals surface area contributed by atoms with Crippen molar-refractivity contribution in [2.45, 2.75) is 25.2 Å². The fourth-order valence-electron chi connectivity index (χ4n) is 3.30. The van der Waals surface area contributed by atoms with E-state index in [0.29, 0.717) is 12.2 Å². The van der Waals surface area contributed by atoms with Gasteiger partial charge in [-0.05, 0) is 54.7 Å². The number of benzene rings is 1. The fraction of sp³-hybridized carbons (Fsp3) is 0.222. The number of aryl methyl sites for hydroxylation is 1. The minimum atomic E-state index is -0.390. The number of nitrogens with zero attached hydrogens (tertiary/aromatic N) is 4. The lowest BCUT2D eigenvalue weighted by Crippen LogP contribution is -2.26. The number of carbonyl (C=O) groups is 1. The van der Waals surface area contributed by atoms with Gasteiger partial charge in [-0.15, -0.1) is 5.10 Å². The van der Waals surface area contributed by atoms with Crippen LogP contribution in [0.5, 0.6) is 0 Å². The van der Waals surface area contributed by atoms with Crippen molar-refractivity contribution < 1.29 is 9.18 Å². The van der Waals surface area contributed by atoms with Crippen LogP contribution >= 0.6 is 0 Å². The van der Waals surface area contributed by atoms with E-state index in [4.69, 9.17) is 5.73 Å². The molecule has 0 saturated carbocycles. The van der Waals surface area contributed by atoms with E-state index in [1.54, 1.807) is 30.6 Å². The highest BCUT2D eigenvalue weighted by Crippen LogP contribution is 2.33. The van der Waals surface area contributed by atoms with Gasteiger partial charge in [0.1, 0.15) is 5.82 Å². The number of nitrogen functional groups attached to an aromatic ring is 1. The van der Waals surface area contributed by atoms with Crippen LogP contribution in [0.1, 0.15) is 34.7 Å². The quantitative estimate of drug-likeness (QED) is 0.777. The van der Waals surface area contributed by atoms with Crippen molar-refractivity contribution in [3.8, 4) is 11.4 Å². The predicted octanol–water partition coefficient (Wildman–Crippen LogP) is 2.82. The molecular weight excluding hydrogens is 321 g/mol. The largest absolute Gasteiger partial charge is 0.368 e. The summed E-state index contributed by atoms with van der Waals surface area (Å²) in [5.41, 5.74) is 8.38. The first-order valence-electron chi connectivity index (χ1n) is 8.09. The first-order valence-corrected chi connectivity index (χ1v) is 8.09. The van der Waals surface area contributed by atoms with Crippen LogP contribution in [-0.2, 0) is 6.42 Å². The van der Waals surface area contributed by atoms with Crippen LogP contribution in [0.25, 0.3) is 11.4 Å². The molecule has 1 atom stereocenters. The average Bonchev–Trinajstić information content (AvgIpc) is 3.03. The number of nitrogens with two attached hydrogens (primary N) is 1. The molecule has 4 rings (SSSR count). The maximum atomic E-state index is 13.5. The Bertz CT molecular complexity index is 938. The summed E-state index contributed by atoms with van der Waals surface area (Å²) in [5, 5.41) is 4.27. The molecule has 0 radical (unpaired) electrons. The third kappa shape index (κ3) is 2.77. The average molecular weight is 337 g/mol. The molecule has 2 heterocycles. The van der Waals surface area contributed by atoms with Gasteiger partial charge in [-0.3, -0.25) is 9.78 Å². The second-order valence-electron chi connectivity index (χ2n) is 6.07. The van der Waals surface area contributed by atoms with Crippen LogP contribution < -0.4 is 5.73 Å². The summed E-state index contributed by atoms with van der Waals surface area (Å²) < 4.78 is 14.6. The van der Waals surface area contributed by atoms with Crippen molar-refractivity contribution in [2.75, 3.05) is 5.73 Å². The van der Waals surface area contributed by atoms with E-state index in [1.807, 2.05) is 0 Å². The summed E-state index contributed by atoms with van der Waals surface area (Å²) in [6.45, 7) is 0. The highest BCUT2D eigenvalue weighted by molar-refractivity contribution is 5.88. The lowest BCUT2D eigenvalue weighted by molar-refractivity contribution is 0.0855. The molecule has 126 valence electrons. The molecular formula is C18H16FN5O. The van der Waals surface area contributed by atoms with Gasteiger partial charge >= 0.3 is 0 Å². The van der Waals surface area contributed by atoms with Crippen molar-refractivity contribution in [1.29, 1.82) is 0 Å². The molecule has 0 saturated heterocycles. The standard InChI is InChI=1S/C18H16FN5O/c19-13-4-5-14-12(10-13)2-1-3-15(14)17(25)24-18(20)22-16(23-24)11-6-8-21-9-7-11/h4-10,15H,1-3H2,(H2,20,22,23). The number of halogens is 1. The van der Waals surface area contributed by atoms with Crippen LogP contribution in [0.4, 0.5) is 10.3 Å². The molecule has 6 nitrogen and oxygen atoms in total. The number of aromatic nitrogens is 4. The first kappa shape index (κ1) is 15.4. The second-order valence-corrected chi connectivity index (χ2v) is 6.07. The number of anilines is 1. The zero-order valence-corrected chi connectivity index (χ0v) is 13.4. The smallest absolute Gasteiger partial charge is 0.257 e. The van der Waals surface area contributed by atoms with Crippen LogP contribution in [0, 0.1) is 5.82 Å². The number of pyridine rings is 1. The van der Waals surface area contributed by atoms with Crippen LogP contribution in [0.15, 0.2) is 42.7 Å². The Hall–Kier alpha value is -3.09. The van der Waals surface area contributed by atoms with Crippen molar-refractivity contribution in [3.63, 3.8) is 0 Å². The van der Waals surface area contributed by atoms with Crippen LogP contribution in [0.3, 0.4) is 0 Å². The molecule has 0 aliphatic heterocycles. The summed E-state index contributed by atoms with van der Waals surface area (Å²) >= 11 is 0. The van der Waals surface area contributed by atoms with Gasteiger partial charge in [0.05, 0.1) is 5.92 Å². The minimum absolute atomic E-state index is 0.0473. The molecule has 1 aromatic carbocycles. The van der Waals surface area contributed by atoms with Crippen molar-refractivity contribution in [1.82, 2.24) is 19.7 Å². The lowest BCUT2D eigenvalue weighted by Gasteiger charge is -2.24. The van der Waals surface area contributed by atoms with Gasteiger partial charge < -0.3 is 5.73 Å². The predicted molar refractivity (Wildman–Crippen MR) is 90.4 cm³/mol. The van der Waals surface area contributed by atoms with E-state index in [1.165, 1.54) is 12.1 Å². The number of carbonyl (C=O) groups excluding carboxylic acids is 1. The summed E-state index contributed by atoms with van der Waals surface area (Å²) in [6.07, 6.45) is 5.52. The van der Waals surface area contributed by atoms with E-state index in [2.05, 4.69) is 15.1 Å². The van der Waals surface area contributed by atoms with Gasteiger partial charge in [0.15, 0.2) is 5.82 Å². The van der Waals surface area contributed by atoms with Crippen molar-refractivity contribution in [2.24, 2.45) is 0 Å². The van der Waals surface area contributed by atoms with E-state index in [9.17, 15) is 9.18 Å². The lowest BCUT2D eigenvalue weighted by atomic mass is 9.82. The zero-order valence-electron chi connectivity index (χ0n) is 13.4. The summed E-state index contributed by atoms with van der Waals surface area (Å²) in [6, 6.07) is 8.08. The Morgan fingerprint density at radius 1 is 1.24 bits per heavy atom. The van der Waals surface area contributed by atoms with Crippen LogP contribution in [0.2, 0.25) is 0 Å². The van der Waals surface area contributed by atoms with Gasteiger partial charge in [-0.25, -0.2) is 4.39 Å². The van der Waals surface area contributed by atoms with Gasteiger partial charge in [0.2, 0.25) is 5.95 Å². The molecule has 25 heavy (non-hydrogen) atoms. The Kier molecular flexibility index (Phi) is 3.76. The molecule has 0 spiro atoms. The summed E-state index contributed by atoms with van der Waals surface area (Å²) in [5.74, 6) is -0.488. The molecule has 0 fully saturated rings. The molecule has 2 N–H and O–H groups in total. The van der Waals surface area contributed by atoms with E-state index in [0.717, 1.165) is 34.2 Å². The number of hydrogen-bond donors (Lipinski definition) is 1. The van der Waals surface area contributed by atoms with Gasteiger partial charge in [-0.2, -0.15) is 9.67 Å². The van der Waals surface area contributed by atoms with Gasteiger partial charge in [0, 0.05) is 18.0 Å². The molecule has 1 aliphatic carbocycles. The highest BCUT2D eigenvalue weighted by atomic mass is 19.1. The fourth-order valence-corrected chi connectivity index (χ4v) is 3.30. The van der Waals surface area contributed by atoms with Crippen molar-refractivity contribution >= 4 is 11.9 Å². The zero-order chi connectivity index (χ0) is 17.4. The summed E-state index contributed by atoms with van der Waals surface area (Å²) in [7, 11) is 0. The number of fused-ring (bicyclic) bond motifs is 1. The Morgan fingerprint density at radius 3 is 2.84 bits per heavy atom. The molecule has 3 aromatic rings. The molecule has 0 amide bonds. The Morgan fingerprint density at radius 2 is 2.04 bits per heavy atom. The van der Waals surface area contributed by atoms with Crippen molar-refractivity contribution in [3.05, 3.63) is 59.7 Å². The van der Waals surface area contributed by atoms with Crippen LogP contribution in [-0.4, -0.2) is 25.7 Å². The number of rotatable bonds is 2. The maximum Gasteiger partial charge on any atom is 0.257 e. The third-order valence-electron chi connectivity index (χ3n) is 4.50. The maximum absolute atomic E-state index is 13.5. The Labute approximate surface area is 143 Å². The molecule has 7 heteroatoms. The first-order chi connectivity index (χ1) is 12.1. The normalized spacial score (nSPS) is 16.4. The third-order valence-corrected chi connectivity index (χ3v) is 4.50. The summed E-state index contributed by atoms with van der Waals surface area (Å²) in [4.78, 5) is 21.1. The minimum Gasteiger partial charge on any atom is -0.368 e.